The standard InChI is InChI=1S/C15H13Cl2NO3/c16-11-4-5-14(13(17)9-11)21-10-15(19)20-8-6-12-3-1-2-7-18-12/h1-5,7,9H,6,8,10H2. The molecule has 0 unspecified atom stereocenters. The average Bonchev–Trinajstić information content (AvgIpc) is 2.47. The number of ether oxygens (including phenoxy) is 2. The van der Waals surface area contributed by atoms with Gasteiger partial charge in [0, 0.05) is 23.3 Å². The van der Waals surface area contributed by atoms with Crippen LogP contribution in [0.3, 0.4) is 0 Å². The van der Waals surface area contributed by atoms with Crippen molar-refractivity contribution in [2.45, 2.75) is 6.42 Å². The summed E-state index contributed by atoms with van der Waals surface area (Å²) in [7, 11) is 0. The van der Waals surface area contributed by atoms with Crippen molar-refractivity contribution >= 4 is 29.2 Å². The van der Waals surface area contributed by atoms with Gasteiger partial charge in [0.1, 0.15) is 5.75 Å². The number of carbonyl (C=O) groups excluding carboxylic acids is 1. The highest BCUT2D eigenvalue weighted by Crippen LogP contribution is 2.27. The summed E-state index contributed by atoms with van der Waals surface area (Å²) >= 11 is 11.7. The lowest BCUT2D eigenvalue weighted by molar-refractivity contribution is -0.145. The molecule has 2 aromatic rings. The first-order valence-electron chi connectivity index (χ1n) is 6.28. The maximum atomic E-state index is 11.5. The van der Waals surface area contributed by atoms with Crippen LogP contribution in [0.15, 0.2) is 42.6 Å². The maximum absolute atomic E-state index is 11.5. The number of hydrogen-bond acceptors (Lipinski definition) is 4. The highest BCUT2D eigenvalue weighted by Gasteiger charge is 2.07. The summed E-state index contributed by atoms with van der Waals surface area (Å²) in [6, 6.07) is 10.4. The Morgan fingerprint density at radius 2 is 2.05 bits per heavy atom. The first kappa shape index (κ1) is 15.6. The number of pyridine rings is 1. The van der Waals surface area contributed by atoms with Crippen LogP contribution in [0.4, 0.5) is 0 Å². The molecule has 2 rings (SSSR count). The van der Waals surface area contributed by atoms with Crippen LogP contribution in [0.1, 0.15) is 5.69 Å². The molecule has 1 heterocycles. The Morgan fingerprint density at radius 3 is 2.76 bits per heavy atom. The third-order valence-electron chi connectivity index (χ3n) is 2.59. The van der Waals surface area contributed by atoms with E-state index in [0.717, 1.165) is 5.69 Å². The van der Waals surface area contributed by atoms with Crippen LogP contribution >= 0.6 is 23.2 Å². The molecule has 0 aliphatic carbocycles. The lowest BCUT2D eigenvalue weighted by Crippen LogP contribution is -2.16. The minimum atomic E-state index is -0.461. The lowest BCUT2D eigenvalue weighted by atomic mass is 10.3. The molecule has 0 atom stereocenters. The van der Waals surface area contributed by atoms with E-state index in [2.05, 4.69) is 4.98 Å². The van der Waals surface area contributed by atoms with E-state index in [9.17, 15) is 4.79 Å². The van der Waals surface area contributed by atoms with Crippen LogP contribution in [0.25, 0.3) is 0 Å². The van der Waals surface area contributed by atoms with E-state index in [1.165, 1.54) is 0 Å². The van der Waals surface area contributed by atoms with E-state index < -0.39 is 5.97 Å². The molecule has 0 saturated heterocycles. The predicted octanol–water partition coefficient (Wildman–Crippen LogP) is 3.55. The van der Waals surface area contributed by atoms with Gasteiger partial charge in [0.05, 0.1) is 11.6 Å². The fourth-order valence-electron chi connectivity index (χ4n) is 1.59. The van der Waals surface area contributed by atoms with E-state index in [-0.39, 0.29) is 13.2 Å². The van der Waals surface area contributed by atoms with E-state index in [4.69, 9.17) is 32.7 Å². The molecule has 6 heteroatoms. The van der Waals surface area contributed by atoms with Crippen molar-refractivity contribution < 1.29 is 14.3 Å². The summed E-state index contributed by atoms with van der Waals surface area (Å²) in [5, 5.41) is 0.856. The third-order valence-corrected chi connectivity index (χ3v) is 3.12. The van der Waals surface area contributed by atoms with Crippen LogP contribution < -0.4 is 4.74 Å². The molecular weight excluding hydrogens is 313 g/mol. The van der Waals surface area contributed by atoms with Crippen molar-refractivity contribution in [3.05, 3.63) is 58.3 Å². The van der Waals surface area contributed by atoms with Crippen LogP contribution in [-0.2, 0) is 16.0 Å². The second-order valence-electron chi connectivity index (χ2n) is 4.15. The summed E-state index contributed by atoms with van der Waals surface area (Å²) in [6.07, 6.45) is 2.26. The molecule has 0 N–H and O–H groups in total. The molecule has 0 aliphatic rings. The largest absolute Gasteiger partial charge is 0.480 e. The van der Waals surface area contributed by atoms with E-state index in [0.29, 0.717) is 22.2 Å². The minimum absolute atomic E-state index is 0.205. The highest BCUT2D eigenvalue weighted by molar-refractivity contribution is 6.35. The summed E-state index contributed by atoms with van der Waals surface area (Å²) < 4.78 is 10.3. The monoisotopic (exact) mass is 325 g/mol. The Bertz CT molecular complexity index is 605. The lowest BCUT2D eigenvalue weighted by Gasteiger charge is -2.08. The van der Waals surface area contributed by atoms with E-state index in [1.54, 1.807) is 24.4 Å². The summed E-state index contributed by atoms with van der Waals surface area (Å²) in [6.45, 7) is 0.0527. The summed E-state index contributed by atoms with van der Waals surface area (Å²) in [4.78, 5) is 15.7. The maximum Gasteiger partial charge on any atom is 0.344 e. The Labute approximate surface area is 132 Å². The predicted molar refractivity (Wildman–Crippen MR) is 80.9 cm³/mol. The molecule has 4 nitrogen and oxygen atoms in total. The van der Waals surface area contributed by atoms with Crippen LogP contribution in [0, 0.1) is 0 Å². The van der Waals surface area contributed by atoms with Crippen LogP contribution in [-0.4, -0.2) is 24.2 Å². The topological polar surface area (TPSA) is 48.4 Å². The second-order valence-corrected chi connectivity index (χ2v) is 5.00. The number of rotatable bonds is 6. The fourth-order valence-corrected chi connectivity index (χ4v) is 2.05. The average molecular weight is 326 g/mol. The van der Waals surface area contributed by atoms with Gasteiger partial charge in [-0.2, -0.15) is 0 Å². The number of carbonyl (C=O) groups is 1. The zero-order valence-electron chi connectivity index (χ0n) is 11.1. The van der Waals surface area contributed by atoms with Crippen molar-refractivity contribution in [3.63, 3.8) is 0 Å². The molecule has 1 aromatic carbocycles. The molecule has 110 valence electrons. The van der Waals surface area contributed by atoms with Crippen molar-refractivity contribution in [1.29, 1.82) is 0 Å². The molecular formula is C15H13Cl2NO3. The van der Waals surface area contributed by atoms with Gasteiger partial charge in [0.2, 0.25) is 0 Å². The third kappa shape index (κ3) is 5.25. The molecule has 0 fully saturated rings. The van der Waals surface area contributed by atoms with Gasteiger partial charge >= 0.3 is 5.97 Å². The molecule has 0 spiro atoms. The first-order valence-corrected chi connectivity index (χ1v) is 7.04. The normalized spacial score (nSPS) is 10.2. The quantitative estimate of drug-likeness (QED) is 0.762. The van der Waals surface area contributed by atoms with Gasteiger partial charge in [-0.25, -0.2) is 4.79 Å². The van der Waals surface area contributed by atoms with E-state index >= 15 is 0 Å². The molecule has 0 bridgehead atoms. The number of aromatic nitrogens is 1. The molecule has 0 aliphatic heterocycles. The van der Waals surface area contributed by atoms with Crippen LogP contribution in [0.5, 0.6) is 5.75 Å². The van der Waals surface area contributed by atoms with Gasteiger partial charge in [-0.1, -0.05) is 29.3 Å². The van der Waals surface area contributed by atoms with Gasteiger partial charge in [0.15, 0.2) is 6.61 Å². The van der Waals surface area contributed by atoms with Gasteiger partial charge in [-0.05, 0) is 30.3 Å². The van der Waals surface area contributed by atoms with Crippen molar-refractivity contribution in [2.24, 2.45) is 0 Å². The van der Waals surface area contributed by atoms with E-state index in [1.807, 2.05) is 18.2 Å². The van der Waals surface area contributed by atoms with Crippen molar-refractivity contribution in [2.75, 3.05) is 13.2 Å². The highest BCUT2D eigenvalue weighted by atomic mass is 35.5. The van der Waals surface area contributed by atoms with Gasteiger partial charge in [-0.15, -0.1) is 0 Å². The Morgan fingerprint density at radius 1 is 1.19 bits per heavy atom. The summed E-state index contributed by atoms with van der Waals surface area (Å²) in [5.74, 6) is -0.0697. The smallest absolute Gasteiger partial charge is 0.344 e. The minimum Gasteiger partial charge on any atom is -0.480 e. The number of hydrogen-bond donors (Lipinski definition) is 0. The molecule has 1 aromatic heterocycles. The zero-order chi connectivity index (χ0) is 15.1. The van der Waals surface area contributed by atoms with Crippen LogP contribution in [0.2, 0.25) is 10.0 Å². The number of nitrogens with zero attached hydrogens (tertiary/aromatic N) is 1. The fraction of sp³-hybridized carbons (Fsp3) is 0.200. The molecule has 0 saturated carbocycles. The second kappa shape index (κ2) is 7.86. The number of esters is 1. The Hall–Kier alpha value is -1.78. The number of benzene rings is 1. The Kier molecular flexibility index (Phi) is 5.84. The van der Waals surface area contributed by atoms with Crippen molar-refractivity contribution in [1.82, 2.24) is 4.98 Å². The van der Waals surface area contributed by atoms with Gasteiger partial charge < -0.3 is 9.47 Å². The van der Waals surface area contributed by atoms with Gasteiger partial charge in [-0.3, -0.25) is 4.98 Å². The molecule has 0 amide bonds. The van der Waals surface area contributed by atoms with Crippen molar-refractivity contribution in [3.8, 4) is 5.75 Å². The summed E-state index contributed by atoms with van der Waals surface area (Å²) in [5.41, 5.74) is 0.868. The van der Waals surface area contributed by atoms with Gasteiger partial charge in [0.25, 0.3) is 0 Å². The zero-order valence-corrected chi connectivity index (χ0v) is 12.6. The number of halogens is 2. The first-order chi connectivity index (χ1) is 10.1. The Balaban J connectivity index is 1.72. The molecule has 21 heavy (non-hydrogen) atoms. The molecule has 0 radical (unpaired) electrons. The SMILES string of the molecule is O=C(COc1ccc(Cl)cc1Cl)OCCc1ccccn1.